The summed E-state index contributed by atoms with van der Waals surface area (Å²) in [6.45, 7) is 0.0140. The predicted molar refractivity (Wildman–Crippen MR) is 89.0 cm³/mol. The zero-order valence-corrected chi connectivity index (χ0v) is 13.2. The zero-order chi connectivity index (χ0) is 16.9. The second-order valence-corrected chi connectivity index (χ2v) is 5.28. The van der Waals surface area contributed by atoms with Gasteiger partial charge in [0.2, 0.25) is 0 Å². The summed E-state index contributed by atoms with van der Waals surface area (Å²) in [6.07, 6.45) is 0.189. The molecule has 3 rings (SSSR count). The van der Waals surface area contributed by atoms with E-state index in [9.17, 15) is 9.59 Å². The van der Waals surface area contributed by atoms with Crippen molar-refractivity contribution < 1.29 is 18.7 Å². The molecule has 0 amide bonds. The molecule has 0 aliphatic carbocycles. The van der Waals surface area contributed by atoms with E-state index < -0.39 is 5.63 Å². The Bertz CT molecular complexity index is 912. The number of methoxy groups -OCH3 is 1. The van der Waals surface area contributed by atoms with Gasteiger partial charge in [-0.15, -0.1) is 0 Å². The molecule has 0 spiro atoms. The Labute approximate surface area is 138 Å². The van der Waals surface area contributed by atoms with Crippen LogP contribution in [-0.4, -0.2) is 13.1 Å². The average Bonchev–Trinajstić information content (AvgIpc) is 2.59. The molecule has 0 atom stereocenters. The van der Waals surface area contributed by atoms with E-state index in [-0.39, 0.29) is 19.0 Å². The molecule has 0 radical (unpaired) electrons. The number of hydrogen-bond donors (Lipinski definition) is 0. The number of rotatable bonds is 5. The van der Waals surface area contributed by atoms with Gasteiger partial charge in [0.15, 0.2) is 0 Å². The number of ether oxygens (including phenoxy) is 2. The third-order valence-corrected chi connectivity index (χ3v) is 3.62. The lowest BCUT2D eigenvalue weighted by atomic mass is 10.1. The van der Waals surface area contributed by atoms with Gasteiger partial charge in [0, 0.05) is 23.1 Å². The molecule has 0 fully saturated rings. The first-order valence-corrected chi connectivity index (χ1v) is 7.46. The van der Waals surface area contributed by atoms with E-state index >= 15 is 0 Å². The molecule has 1 heterocycles. The molecule has 2 aromatic carbocycles. The number of hydrogen-bond acceptors (Lipinski definition) is 5. The van der Waals surface area contributed by atoms with E-state index in [0.29, 0.717) is 22.3 Å². The summed E-state index contributed by atoms with van der Waals surface area (Å²) in [4.78, 5) is 23.7. The molecule has 0 aliphatic rings. The molecule has 0 N–H and O–H groups in total. The van der Waals surface area contributed by atoms with E-state index in [1.165, 1.54) is 13.2 Å². The molecule has 24 heavy (non-hydrogen) atoms. The maximum Gasteiger partial charge on any atom is 0.336 e. The van der Waals surface area contributed by atoms with Gasteiger partial charge < -0.3 is 13.9 Å². The predicted octanol–water partition coefficient (Wildman–Crippen LogP) is 3.09. The number of carbonyl (C=O) groups excluding carboxylic acids is 1. The highest BCUT2D eigenvalue weighted by Crippen LogP contribution is 2.23. The summed E-state index contributed by atoms with van der Waals surface area (Å²) >= 11 is 0. The summed E-state index contributed by atoms with van der Waals surface area (Å²) in [6, 6.07) is 15.8. The van der Waals surface area contributed by atoms with Gasteiger partial charge in [0.05, 0.1) is 13.5 Å². The van der Waals surface area contributed by atoms with Gasteiger partial charge in [0.25, 0.3) is 0 Å². The number of benzene rings is 2. The molecule has 122 valence electrons. The van der Waals surface area contributed by atoms with Crippen LogP contribution in [0.3, 0.4) is 0 Å². The molecule has 0 bridgehead atoms. The van der Waals surface area contributed by atoms with Gasteiger partial charge in [-0.1, -0.05) is 30.3 Å². The van der Waals surface area contributed by atoms with Crippen LogP contribution in [0.1, 0.15) is 11.1 Å². The van der Waals surface area contributed by atoms with Crippen molar-refractivity contribution in [1.82, 2.24) is 0 Å². The largest absolute Gasteiger partial charge is 0.497 e. The van der Waals surface area contributed by atoms with Crippen LogP contribution in [0.25, 0.3) is 11.0 Å². The molecular weight excluding hydrogens is 308 g/mol. The SMILES string of the molecule is COc1ccc2c(COC(=O)Cc3ccccc3)cc(=O)oc2c1. The highest BCUT2D eigenvalue weighted by atomic mass is 16.5. The standard InChI is InChI=1S/C19H16O5/c1-22-15-7-8-16-14(10-19(21)24-17(16)11-15)12-23-18(20)9-13-5-3-2-4-6-13/h2-8,10-11H,9,12H2,1H3. The molecule has 0 saturated carbocycles. The van der Waals surface area contributed by atoms with E-state index in [2.05, 4.69) is 0 Å². The van der Waals surface area contributed by atoms with Crippen LogP contribution in [0.5, 0.6) is 5.75 Å². The number of carbonyl (C=O) groups is 1. The van der Waals surface area contributed by atoms with E-state index in [4.69, 9.17) is 13.9 Å². The quantitative estimate of drug-likeness (QED) is 0.533. The first kappa shape index (κ1) is 15.8. The molecule has 1 aromatic heterocycles. The monoisotopic (exact) mass is 324 g/mol. The summed E-state index contributed by atoms with van der Waals surface area (Å²) < 4.78 is 15.6. The molecule has 5 nitrogen and oxygen atoms in total. The van der Waals surface area contributed by atoms with Gasteiger partial charge >= 0.3 is 11.6 Å². The average molecular weight is 324 g/mol. The van der Waals surface area contributed by atoms with Crippen LogP contribution in [0.4, 0.5) is 0 Å². The Morgan fingerprint density at radius 1 is 1.08 bits per heavy atom. The van der Waals surface area contributed by atoms with Crippen LogP contribution in [0.15, 0.2) is 63.8 Å². The van der Waals surface area contributed by atoms with Crippen LogP contribution < -0.4 is 10.4 Å². The first-order chi connectivity index (χ1) is 11.7. The third-order valence-electron chi connectivity index (χ3n) is 3.62. The van der Waals surface area contributed by atoms with Crippen molar-refractivity contribution in [3.63, 3.8) is 0 Å². The second-order valence-electron chi connectivity index (χ2n) is 5.28. The van der Waals surface area contributed by atoms with Crippen LogP contribution in [0.2, 0.25) is 0 Å². The zero-order valence-electron chi connectivity index (χ0n) is 13.2. The lowest BCUT2D eigenvalue weighted by molar-refractivity contribution is -0.144. The maximum atomic E-state index is 12.0. The second kappa shape index (κ2) is 7.00. The van der Waals surface area contributed by atoms with E-state index in [0.717, 1.165) is 5.56 Å². The number of fused-ring (bicyclic) bond motifs is 1. The van der Waals surface area contributed by atoms with Gasteiger partial charge in [-0.2, -0.15) is 0 Å². The van der Waals surface area contributed by atoms with Crippen molar-refractivity contribution >= 4 is 16.9 Å². The smallest absolute Gasteiger partial charge is 0.336 e. The summed E-state index contributed by atoms with van der Waals surface area (Å²) in [5.41, 5.74) is 1.39. The lowest BCUT2D eigenvalue weighted by Gasteiger charge is -2.08. The first-order valence-electron chi connectivity index (χ1n) is 7.46. The highest BCUT2D eigenvalue weighted by molar-refractivity contribution is 5.82. The van der Waals surface area contributed by atoms with Gasteiger partial charge in [0.1, 0.15) is 17.9 Å². The number of esters is 1. The van der Waals surface area contributed by atoms with Gasteiger partial charge in [-0.3, -0.25) is 4.79 Å². The summed E-state index contributed by atoms with van der Waals surface area (Å²) in [7, 11) is 1.54. The molecule has 3 aromatic rings. The Morgan fingerprint density at radius 3 is 2.62 bits per heavy atom. The highest BCUT2D eigenvalue weighted by Gasteiger charge is 2.10. The molecular formula is C19H16O5. The minimum absolute atomic E-state index is 0.0140. The topological polar surface area (TPSA) is 65.7 Å². The van der Waals surface area contributed by atoms with Crippen molar-refractivity contribution in [3.8, 4) is 5.75 Å². The van der Waals surface area contributed by atoms with Gasteiger partial charge in [-0.25, -0.2) is 4.79 Å². The minimum atomic E-state index is -0.495. The van der Waals surface area contributed by atoms with Crippen molar-refractivity contribution in [2.45, 2.75) is 13.0 Å². The Kier molecular flexibility index (Phi) is 4.61. The fourth-order valence-corrected chi connectivity index (χ4v) is 2.43. The van der Waals surface area contributed by atoms with Gasteiger partial charge in [-0.05, 0) is 17.7 Å². The molecule has 0 unspecified atom stereocenters. The Morgan fingerprint density at radius 2 is 1.88 bits per heavy atom. The normalized spacial score (nSPS) is 10.5. The minimum Gasteiger partial charge on any atom is -0.497 e. The maximum absolute atomic E-state index is 12.0. The van der Waals surface area contributed by atoms with Crippen molar-refractivity contribution in [3.05, 3.63) is 76.1 Å². The lowest BCUT2D eigenvalue weighted by Crippen LogP contribution is -2.09. The molecule has 5 heteroatoms. The molecule has 0 saturated heterocycles. The summed E-state index contributed by atoms with van der Waals surface area (Å²) in [5.74, 6) is 0.236. The van der Waals surface area contributed by atoms with Crippen molar-refractivity contribution in [1.29, 1.82) is 0 Å². The fourth-order valence-electron chi connectivity index (χ4n) is 2.43. The van der Waals surface area contributed by atoms with Crippen molar-refractivity contribution in [2.24, 2.45) is 0 Å². The Hall–Kier alpha value is -3.08. The van der Waals surface area contributed by atoms with Crippen LogP contribution in [-0.2, 0) is 22.6 Å². The van der Waals surface area contributed by atoms with E-state index in [1.807, 2.05) is 30.3 Å². The van der Waals surface area contributed by atoms with Crippen LogP contribution in [0, 0.1) is 0 Å². The van der Waals surface area contributed by atoms with Crippen molar-refractivity contribution in [2.75, 3.05) is 7.11 Å². The van der Waals surface area contributed by atoms with Crippen LogP contribution >= 0.6 is 0 Å². The Balaban J connectivity index is 1.77. The molecule has 0 aliphatic heterocycles. The fraction of sp³-hybridized carbons (Fsp3) is 0.158. The summed E-state index contributed by atoms with van der Waals surface area (Å²) in [5, 5.41) is 0.711. The third kappa shape index (κ3) is 3.63. The van der Waals surface area contributed by atoms with E-state index in [1.54, 1.807) is 18.2 Å².